The number of alkyl halides is 1. The van der Waals surface area contributed by atoms with Gasteiger partial charge in [0.15, 0.2) is 11.5 Å². The van der Waals surface area contributed by atoms with Gasteiger partial charge in [-0.2, -0.15) is 0 Å². The molecule has 2 heterocycles. The summed E-state index contributed by atoms with van der Waals surface area (Å²) in [5.74, 6) is 1.61. The standard InChI is InChI=1S/C23H36FNO4/c1-4-28-12-8-18-16-25-11-7-17-13-21(27-3)22(29-5-2)14-19(17)20(25)15-23(18,26)9-6-10-24/h13-14,18,20,26H,4-12,15-16H2,1-3H3/t18-,20-,23-/m1/s1/i24+0. The Hall–Kier alpha value is -1.37. The number of methoxy groups -OCH3 is 1. The van der Waals surface area contributed by atoms with E-state index in [9.17, 15) is 9.50 Å². The van der Waals surface area contributed by atoms with Crippen molar-refractivity contribution in [3.8, 4) is 11.5 Å². The minimum atomic E-state index is -0.870. The van der Waals surface area contributed by atoms with Gasteiger partial charge in [-0.1, -0.05) is 0 Å². The summed E-state index contributed by atoms with van der Waals surface area (Å²) in [4.78, 5) is 2.48. The van der Waals surface area contributed by atoms with E-state index in [0.29, 0.717) is 39.1 Å². The second-order valence-electron chi connectivity index (χ2n) is 8.18. The van der Waals surface area contributed by atoms with Gasteiger partial charge in [0.2, 0.25) is 0 Å². The molecule has 5 nitrogen and oxygen atoms in total. The first-order valence-electron chi connectivity index (χ1n) is 11.0. The van der Waals surface area contributed by atoms with E-state index in [1.165, 1.54) is 11.1 Å². The first kappa shape index (κ1) is 22.3. The van der Waals surface area contributed by atoms with Gasteiger partial charge in [-0.15, -0.1) is 0 Å². The lowest BCUT2D eigenvalue weighted by atomic mass is 9.70. The number of benzene rings is 1. The summed E-state index contributed by atoms with van der Waals surface area (Å²) in [6, 6.07) is 4.29. The van der Waals surface area contributed by atoms with Gasteiger partial charge in [0.05, 0.1) is 26.0 Å². The number of nitrogens with zero attached hydrogens (tertiary/aromatic N) is 1. The van der Waals surface area contributed by atoms with Gasteiger partial charge < -0.3 is 19.3 Å². The Morgan fingerprint density at radius 3 is 2.76 bits per heavy atom. The fourth-order valence-corrected chi connectivity index (χ4v) is 5.01. The molecule has 29 heavy (non-hydrogen) atoms. The van der Waals surface area contributed by atoms with Crippen LogP contribution in [0, 0.1) is 5.92 Å². The van der Waals surface area contributed by atoms with Crippen LogP contribution in [0.5, 0.6) is 11.5 Å². The Morgan fingerprint density at radius 1 is 1.24 bits per heavy atom. The van der Waals surface area contributed by atoms with E-state index in [1.807, 2.05) is 13.8 Å². The van der Waals surface area contributed by atoms with Gasteiger partial charge in [-0.25, -0.2) is 0 Å². The molecule has 0 unspecified atom stereocenters. The molecule has 6 heteroatoms. The second kappa shape index (κ2) is 10.1. The predicted octanol–water partition coefficient (Wildman–Crippen LogP) is 3.92. The molecular formula is C23H36FNO4. The van der Waals surface area contributed by atoms with Gasteiger partial charge in [-0.05, 0) is 69.2 Å². The molecule has 1 N–H and O–H groups in total. The predicted molar refractivity (Wildman–Crippen MR) is 112 cm³/mol. The topological polar surface area (TPSA) is 51.2 Å². The SMILES string of the molecule is CCOCC[C@@H]1CN2CCc3cc(OC)c(OCC)cc3[C@H]2C[C@]1(O)CCC[19F]. The Labute approximate surface area is 174 Å². The van der Waals surface area contributed by atoms with Crippen LogP contribution in [0.2, 0.25) is 0 Å². The maximum atomic E-state index is 13.0. The summed E-state index contributed by atoms with van der Waals surface area (Å²) < 4.78 is 29.9. The Bertz CT molecular complexity index is 671. The lowest BCUT2D eigenvalue weighted by molar-refractivity contribution is -0.111. The van der Waals surface area contributed by atoms with Crippen LogP contribution in [0.4, 0.5) is 4.39 Å². The number of hydrogen-bond donors (Lipinski definition) is 1. The van der Waals surface area contributed by atoms with E-state index in [2.05, 4.69) is 17.0 Å². The number of halogens is 1. The van der Waals surface area contributed by atoms with Crippen LogP contribution < -0.4 is 9.47 Å². The second-order valence-corrected chi connectivity index (χ2v) is 8.18. The van der Waals surface area contributed by atoms with E-state index in [0.717, 1.165) is 37.4 Å². The van der Waals surface area contributed by atoms with Crippen LogP contribution in [0.1, 0.15) is 56.7 Å². The summed E-state index contributed by atoms with van der Waals surface area (Å²) in [5.41, 5.74) is 1.60. The number of rotatable bonds is 10. The molecule has 2 aliphatic rings. The smallest absolute Gasteiger partial charge is 0.161 e. The molecule has 3 rings (SSSR count). The average molecular weight is 410 g/mol. The molecule has 1 aromatic rings. The van der Waals surface area contributed by atoms with Crippen LogP contribution in [0.15, 0.2) is 12.1 Å². The maximum Gasteiger partial charge on any atom is 0.161 e. The lowest BCUT2D eigenvalue weighted by Crippen LogP contribution is -2.55. The summed E-state index contributed by atoms with van der Waals surface area (Å²) in [5, 5.41) is 11.6. The normalized spacial score (nSPS) is 26.7. The van der Waals surface area contributed by atoms with Crippen molar-refractivity contribution in [3.05, 3.63) is 23.3 Å². The third-order valence-electron chi connectivity index (χ3n) is 6.51. The Balaban J connectivity index is 1.88. The van der Waals surface area contributed by atoms with Crippen molar-refractivity contribution in [1.82, 2.24) is 4.90 Å². The van der Waals surface area contributed by atoms with Crippen molar-refractivity contribution in [2.45, 2.75) is 57.6 Å². The van der Waals surface area contributed by atoms with Crippen molar-refractivity contribution < 1.29 is 23.7 Å². The Kier molecular flexibility index (Phi) is 7.77. The van der Waals surface area contributed by atoms with E-state index in [-0.39, 0.29) is 12.0 Å². The highest BCUT2D eigenvalue weighted by molar-refractivity contribution is 5.49. The van der Waals surface area contributed by atoms with E-state index >= 15 is 0 Å². The van der Waals surface area contributed by atoms with Crippen LogP contribution in [-0.2, 0) is 11.2 Å². The van der Waals surface area contributed by atoms with Gasteiger partial charge >= 0.3 is 0 Å². The van der Waals surface area contributed by atoms with Crippen LogP contribution in [-0.4, -0.2) is 62.3 Å². The monoisotopic (exact) mass is 409 g/mol. The number of fused-ring (bicyclic) bond motifs is 3. The van der Waals surface area contributed by atoms with Crippen molar-refractivity contribution >= 4 is 0 Å². The highest BCUT2D eigenvalue weighted by Gasteiger charge is 2.47. The number of piperidine rings is 1. The average Bonchev–Trinajstić information content (AvgIpc) is 2.73. The fraction of sp³-hybridized carbons (Fsp3) is 0.739. The zero-order valence-electron chi connectivity index (χ0n) is 18.1. The highest BCUT2D eigenvalue weighted by Crippen LogP contribution is 2.47. The lowest BCUT2D eigenvalue weighted by Gasteiger charge is -2.51. The molecule has 1 saturated heterocycles. The van der Waals surface area contributed by atoms with Crippen LogP contribution in [0.3, 0.4) is 0 Å². The van der Waals surface area contributed by atoms with Crippen molar-refractivity contribution in [2.24, 2.45) is 5.92 Å². The molecule has 0 radical (unpaired) electrons. The van der Waals surface area contributed by atoms with E-state index < -0.39 is 12.3 Å². The van der Waals surface area contributed by atoms with Crippen molar-refractivity contribution in [2.75, 3.05) is 46.7 Å². The van der Waals surface area contributed by atoms with Crippen LogP contribution in [0.25, 0.3) is 0 Å². The van der Waals surface area contributed by atoms with Crippen molar-refractivity contribution in [3.63, 3.8) is 0 Å². The third kappa shape index (κ3) is 4.86. The largest absolute Gasteiger partial charge is 0.493 e. The number of ether oxygens (including phenoxy) is 3. The van der Waals surface area contributed by atoms with Crippen LogP contribution >= 0.6 is 0 Å². The zero-order chi connectivity index (χ0) is 20.9. The summed E-state index contributed by atoms with van der Waals surface area (Å²) in [7, 11) is 1.67. The van der Waals surface area contributed by atoms with E-state index in [4.69, 9.17) is 14.2 Å². The molecule has 164 valence electrons. The first-order valence-corrected chi connectivity index (χ1v) is 11.0. The van der Waals surface area contributed by atoms with Gasteiger partial charge in [0, 0.05) is 38.3 Å². The fourth-order valence-electron chi connectivity index (χ4n) is 5.01. The quantitative estimate of drug-likeness (QED) is 0.594. The molecule has 0 aliphatic carbocycles. The molecule has 2 aliphatic heterocycles. The van der Waals surface area contributed by atoms with Crippen molar-refractivity contribution in [1.29, 1.82) is 0 Å². The third-order valence-corrected chi connectivity index (χ3v) is 6.51. The van der Waals surface area contributed by atoms with E-state index in [1.54, 1.807) is 7.11 Å². The first-order chi connectivity index (χ1) is 14.1. The van der Waals surface area contributed by atoms with Gasteiger partial charge in [0.25, 0.3) is 0 Å². The molecular weight excluding hydrogens is 373 g/mol. The number of hydrogen-bond acceptors (Lipinski definition) is 5. The minimum absolute atomic E-state index is 0.100. The molecule has 1 aromatic carbocycles. The molecule has 0 saturated carbocycles. The summed E-state index contributed by atoms with van der Waals surface area (Å²) in [6.07, 6.45) is 3.27. The van der Waals surface area contributed by atoms with Gasteiger partial charge in [0.1, 0.15) is 0 Å². The Morgan fingerprint density at radius 2 is 2.07 bits per heavy atom. The highest BCUT2D eigenvalue weighted by atomic mass is 19.1. The van der Waals surface area contributed by atoms with Gasteiger partial charge in [-0.3, -0.25) is 9.29 Å². The minimum Gasteiger partial charge on any atom is -0.493 e. The summed E-state index contributed by atoms with van der Waals surface area (Å²) >= 11 is 0. The maximum absolute atomic E-state index is 13.0. The molecule has 3 atom stereocenters. The molecule has 0 aromatic heterocycles. The molecule has 0 amide bonds. The zero-order valence-corrected chi connectivity index (χ0v) is 18.1. The molecule has 0 bridgehead atoms. The molecule has 1 fully saturated rings. The number of aliphatic hydroxyl groups is 1. The summed E-state index contributed by atoms with van der Waals surface area (Å²) in [6.45, 7) is 7.22. The molecule has 0 spiro atoms.